The second kappa shape index (κ2) is 8.63. The van der Waals surface area contributed by atoms with E-state index in [2.05, 4.69) is 36.3 Å². The van der Waals surface area contributed by atoms with Gasteiger partial charge in [-0.25, -0.2) is 4.98 Å². The van der Waals surface area contributed by atoms with Gasteiger partial charge in [0.05, 0.1) is 25.4 Å². The van der Waals surface area contributed by atoms with Gasteiger partial charge in [-0.05, 0) is 31.6 Å². The minimum absolute atomic E-state index is 0.170. The summed E-state index contributed by atoms with van der Waals surface area (Å²) in [4.78, 5) is 4.26. The Kier molecular flexibility index (Phi) is 6.83. The first-order valence-electron chi connectivity index (χ1n) is 7.70. The zero-order valence-electron chi connectivity index (χ0n) is 12.9. The normalized spacial score (nSPS) is 24.9. The number of aromatic nitrogens is 1. The van der Waals surface area contributed by atoms with E-state index in [-0.39, 0.29) is 6.04 Å². The van der Waals surface area contributed by atoms with Gasteiger partial charge in [-0.2, -0.15) is 0 Å². The number of nitrogens with zero attached hydrogens (tertiary/aromatic N) is 1. The van der Waals surface area contributed by atoms with Crippen LogP contribution in [0, 0.1) is 11.8 Å². The SMILES string of the molecule is CC(NCC(O)COCC1CC=CCC1C)c1nccs1. The summed E-state index contributed by atoms with van der Waals surface area (Å²) in [6.45, 7) is 5.99. The molecule has 1 aliphatic rings. The van der Waals surface area contributed by atoms with Gasteiger partial charge < -0.3 is 15.2 Å². The van der Waals surface area contributed by atoms with Crippen molar-refractivity contribution in [3.8, 4) is 0 Å². The summed E-state index contributed by atoms with van der Waals surface area (Å²) in [5.41, 5.74) is 0. The molecule has 2 N–H and O–H groups in total. The van der Waals surface area contributed by atoms with E-state index in [0.717, 1.165) is 24.5 Å². The number of ether oxygens (including phenoxy) is 1. The molecule has 1 aromatic rings. The number of rotatable bonds is 8. The number of allylic oxidation sites excluding steroid dienone is 2. The number of aliphatic hydroxyl groups is 1. The minimum atomic E-state index is -0.471. The van der Waals surface area contributed by atoms with Gasteiger partial charge in [-0.1, -0.05) is 19.1 Å². The Morgan fingerprint density at radius 3 is 3.00 bits per heavy atom. The van der Waals surface area contributed by atoms with Gasteiger partial charge >= 0.3 is 0 Å². The molecule has 2 rings (SSSR count). The van der Waals surface area contributed by atoms with Crippen molar-refractivity contribution in [2.24, 2.45) is 11.8 Å². The average Bonchev–Trinajstić information content (AvgIpc) is 3.01. The summed E-state index contributed by atoms with van der Waals surface area (Å²) in [6, 6.07) is 0.170. The molecule has 0 saturated heterocycles. The third-order valence-electron chi connectivity index (χ3n) is 4.04. The van der Waals surface area contributed by atoms with E-state index in [4.69, 9.17) is 4.74 Å². The molecule has 0 aliphatic heterocycles. The van der Waals surface area contributed by atoms with E-state index >= 15 is 0 Å². The molecule has 1 heterocycles. The van der Waals surface area contributed by atoms with E-state index in [0.29, 0.717) is 25.0 Å². The quantitative estimate of drug-likeness (QED) is 0.725. The highest BCUT2D eigenvalue weighted by molar-refractivity contribution is 7.09. The van der Waals surface area contributed by atoms with E-state index in [1.165, 1.54) is 0 Å². The molecule has 1 aromatic heterocycles. The van der Waals surface area contributed by atoms with Crippen molar-refractivity contribution in [3.05, 3.63) is 28.7 Å². The van der Waals surface area contributed by atoms with Crippen LogP contribution < -0.4 is 5.32 Å². The standard InChI is InChI=1S/C16H26N2O2S/c1-12-5-3-4-6-14(12)10-20-11-15(19)9-18-13(2)16-17-7-8-21-16/h3-4,7-8,12-15,18-19H,5-6,9-11H2,1-2H3. The van der Waals surface area contributed by atoms with E-state index in [9.17, 15) is 5.11 Å². The lowest BCUT2D eigenvalue weighted by molar-refractivity contribution is 0.0120. The van der Waals surface area contributed by atoms with Gasteiger partial charge in [0.1, 0.15) is 5.01 Å². The monoisotopic (exact) mass is 310 g/mol. The number of hydrogen-bond donors (Lipinski definition) is 2. The van der Waals surface area contributed by atoms with Gasteiger partial charge in [0, 0.05) is 18.1 Å². The van der Waals surface area contributed by atoms with E-state index in [1.54, 1.807) is 17.5 Å². The van der Waals surface area contributed by atoms with Gasteiger partial charge in [-0.3, -0.25) is 0 Å². The van der Waals surface area contributed by atoms with Crippen molar-refractivity contribution in [2.75, 3.05) is 19.8 Å². The van der Waals surface area contributed by atoms with E-state index < -0.39 is 6.10 Å². The van der Waals surface area contributed by atoms with Gasteiger partial charge in [-0.15, -0.1) is 11.3 Å². The highest BCUT2D eigenvalue weighted by atomic mass is 32.1. The molecule has 21 heavy (non-hydrogen) atoms. The van der Waals surface area contributed by atoms with Crippen LogP contribution in [0.25, 0.3) is 0 Å². The summed E-state index contributed by atoms with van der Waals surface area (Å²) in [7, 11) is 0. The molecule has 118 valence electrons. The van der Waals surface area contributed by atoms with Gasteiger partial charge in [0.2, 0.25) is 0 Å². The van der Waals surface area contributed by atoms with Crippen LogP contribution in [0.15, 0.2) is 23.7 Å². The fraction of sp³-hybridized carbons (Fsp3) is 0.688. The molecule has 4 unspecified atom stereocenters. The molecule has 4 atom stereocenters. The summed E-state index contributed by atoms with van der Waals surface area (Å²) >= 11 is 1.63. The number of nitrogens with one attached hydrogen (secondary N) is 1. The Morgan fingerprint density at radius 1 is 1.48 bits per heavy atom. The zero-order valence-corrected chi connectivity index (χ0v) is 13.7. The summed E-state index contributed by atoms with van der Waals surface area (Å²) in [5, 5.41) is 16.3. The zero-order chi connectivity index (χ0) is 15.1. The molecule has 0 amide bonds. The van der Waals surface area contributed by atoms with E-state index in [1.807, 2.05) is 5.38 Å². The molecule has 4 nitrogen and oxygen atoms in total. The van der Waals surface area contributed by atoms with Gasteiger partial charge in [0.15, 0.2) is 0 Å². The molecule has 5 heteroatoms. The first kappa shape index (κ1) is 16.6. The van der Waals surface area contributed by atoms with Crippen molar-refractivity contribution in [3.63, 3.8) is 0 Å². The number of hydrogen-bond acceptors (Lipinski definition) is 5. The summed E-state index contributed by atoms with van der Waals surface area (Å²) in [5.74, 6) is 1.26. The van der Waals surface area contributed by atoms with Crippen LogP contribution in [0.1, 0.15) is 37.7 Å². The third-order valence-corrected chi connectivity index (χ3v) is 5.00. The Morgan fingerprint density at radius 2 is 2.29 bits per heavy atom. The van der Waals surface area contributed by atoms with Crippen LogP contribution >= 0.6 is 11.3 Å². The third kappa shape index (κ3) is 5.51. The summed E-state index contributed by atoms with van der Waals surface area (Å²) < 4.78 is 5.69. The van der Waals surface area contributed by atoms with Crippen molar-refractivity contribution in [1.82, 2.24) is 10.3 Å². The Labute approximate surface area is 131 Å². The predicted molar refractivity (Wildman–Crippen MR) is 86.4 cm³/mol. The first-order valence-corrected chi connectivity index (χ1v) is 8.58. The average molecular weight is 310 g/mol. The Bertz CT molecular complexity index is 422. The molecular weight excluding hydrogens is 284 g/mol. The lowest BCUT2D eigenvalue weighted by Gasteiger charge is -2.25. The first-order chi connectivity index (χ1) is 10.2. The Balaban J connectivity index is 1.59. The maximum atomic E-state index is 9.97. The molecule has 0 radical (unpaired) electrons. The lowest BCUT2D eigenvalue weighted by Crippen LogP contribution is -2.33. The summed E-state index contributed by atoms with van der Waals surface area (Å²) in [6.07, 6.45) is 8.06. The predicted octanol–water partition coefficient (Wildman–Crippen LogP) is 2.77. The fourth-order valence-corrected chi connectivity index (χ4v) is 3.17. The minimum Gasteiger partial charge on any atom is -0.389 e. The molecular formula is C16H26N2O2S. The fourth-order valence-electron chi connectivity index (χ4n) is 2.50. The van der Waals surface area contributed by atoms with Crippen molar-refractivity contribution in [2.45, 2.75) is 38.8 Å². The molecule has 0 bridgehead atoms. The van der Waals surface area contributed by atoms with Crippen LogP contribution in [-0.4, -0.2) is 36.0 Å². The largest absolute Gasteiger partial charge is 0.389 e. The highest BCUT2D eigenvalue weighted by Crippen LogP contribution is 2.25. The highest BCUT2D eigenvalue weighted by Gasteiger charge is 2.19. The van der Waals surface area contributed by atoms with Crippen LogP contribution in [0.4, 0.5) is 0 Å². The lowest BCUT2D eigenvalue weighted by atomic mass is 9.85. The van der Waals surface area contributed by atoms with Gasteiger partial charge in [0.25, 0.3) is 0 Å². The maximum absolute atomic E-state index is 9.97. The van der Waals surface area contributed by atoms with Crippen LogP contribution in [0.5, 0.6) is 0 Å². The molecule has 0 spiro atoms. The molecule has 1 aliphatic carbocycles. The van der Waals surface area contributed by atoms with Crippen LogP contribution in [-0.2, 0) is 4.74 Å². The topological polar surface area (TPSA) is 54.4 Å². The number of thiazole rings is 1. The second-order valence-corrected chi connectivity index (χ2v) is 6.80. The van der Waals surface area contributed by atoms with Crippen LogP contribution in [0.3, 0.4) is 0 Å². The Hall–Kier alpha value is -0.750. The molecule has 0 fully saturated rings. The molecule has 0 saturated carbocycles. The smallest absolute Gasteiger partial charge is 0.109 e. The van der Waals surface area contributed by atoms with Crippen molar-refractivity contribution < 1.29 is 9.84 Å². The van der Waals surface area contributed by atoms with Crippen LogP contribution in [0.2, 0.25) is 0 Å². The van der Waals surface area contributed by atoms with Crippen molar-refractivity contribution in [1.29, 1.82) is 0 Å². The number of aliphatic hydroxyl groups excluding tert-OH is 1. The van der Waals surface area contributed by atoms with Crippen molar-refractivity contribution >= 4 is 11.3 Å². The maximum Gasteiger partial charge on any atom is 0.109 e. The molecule has 0 aromatic carbocycles. The second-order valence-electron chi connectivity index (χ2n) is 5.87.